The first-order chi connectivity index (χ1) is 9.47. The first-order valence-corrected chi connectivity index (χ1v) is 7.47. The van der Waals surface area contributed by atoms with E-state index in [1.807, 2.05) is 26.0 Å². The molecule has 0 bridgehead atoms. The van der Waals surface area contributed by atoms with Gasteiger partial charge >= 0.3 is 5.97 Å². The fraction of sp³-hybridized carbons (Fsp3) is 0.588. The van der Waals surface area contributed by atoms with Crippen LogP contribution in [-0.2, 0) is 4.79 Å². The van der Waals surface area contributed by atoms with Crippen LogP contribution in [0.1, 0.15) is 52.9 Å². The smallest absolute Gasteiger partial charge is 0.311 e. The molecule has 110 valence electrons. The van der Waals surface area contributed by atoms with Crippen molar-refractivity contribution in [2.24, 2.45) is 5.92 Å². The van der Waals surface area contributed by atoms with Crippen molar-refractivity contribution in [3.05, 3.63) is 24.3 Å². The Bertz CT molecular complexity index is 442. The van der Waals surface area contributed by atoms with Gasteiger partial charge in [-0.15, -0.1) is 0 Å². The number of benzene rings is 1. The highest BCUT2D eigenvalue weighted by Gasteiger charge is 2.30. The second-order valence-electron chi connectivity index (χ2n) is 6.30. The van der Waals surface area contributed by atoms with Gasteiger partial charge in [0.25, 0.3) is 0 Å². The number of esters is 1. The number of carbonyl (C=O) groups excluding carboxylic acids is 1. The fourth-order valence-corrected chi connectivity index (χ4v) is 2.59. The van der Waals surface area contributed by atoms with E-state index in [4.69, 9.17) is 9.47 Å². The Balaban J connectivity index is 1.91. The molecule has 1 aliphatic carbocycles. The minimum absolute atomic E-state index is 0.0319. The Labute approximate surface area is 121 Å². The summed E-state index contributed by atoms with van der Waals surface area (Å²) in [7, 11) is 0. The van der Waals surface area contributed by atoms with Crippen molar-refractivity contribution in [1.29, 1.82) is 0 Å². The maximum Gasteiger partial charge on any atom is 0.311 e. The van der Waals surface area contributed by atoms with E-state index < -0.39 is 0 Å². The lowest BCUT2D eigenvalue weighted by atomic mass is 10.1. The topological polar surface area (TPSA) is 35.5 Å². The minimum Gasteiger partial charge on any atom is -0.488 e. The van der Waals surface area contributed by atoms with Gasteiger partial charge in [-0.25, -0.2) is 0 Å². The Morgan fingerprint density at radius 2 is 1.70 bits per heavy atom. The molecule has 1 aliphatic rings. The molecule has 1 saturated carbocycles. The minimum atomic E-state index is -0.184. The van der Waals surface area contributed by atoms with Crippen molar-refractivity contribution >= 4 is 5.97 Å². The molecule has 0 aromatic heterocycles. The van der Waals surface area contributed by atoms with Crippen LogP contribution >= 0.6 is 0 Å². The van der Waals surface area contributed by atoms with Crippen molar-refractivity contribution in [1.82, 2.24) is 0 Å². The molecular formula is C17H24O3. The molecule has 0 heterocycles. The van der Waals surface area contributed by atoms with Crippen molar-refractivity contribution in [3.63, 3.8) is 0 Å². The molecule has 3 nitrogen and oxygen atoms in total. The second kappa shape index (κ2) is 6.29. The van der Waals surface area contributed by atoms with Gasteiger partial charge in [0.1, 0.15) is 17.1 Å². The molecule has 1 fully saturated rings. The van der Waals surface area contributed by atoms with Gasteiger partial charge in [-0.1, -0.05) is 13.8 Å². The van der Waals surface area contributed by atoms with E-state index >= 15 is 0 Å². The predicted molar refractivity (Wildman–Crippen MR) is 79.0 cm³/mol. The van der Waals surface area contributed by atoms with E-state index in [1.165, 1.54) is 12.8 Å². The first-order valence-electron chi connectivity index (χ1n) is 7.47. The maximum atomic E-state index is 11.6. The third kappa shape index (κ3) is 4.26. The van der Waals surface area contributed by atoms with Crippen LogP contribution in [-0.4, -0.2) is 11.6 Å². The van der Waals surface area contributed by atoms with Crippen LogP contribution < -0.4 is 9.47 Å². The van der Waals surface area contributed by atoms with E-state index in [0.717, 1.165) is 18.6 Å². The zero-order valence-electron chi connectivity index (χ0n) is 12.6. The molecule has 0 N–H and O–H groups in total. The molecule has 1 aromatic rings. The lowest BCUT2D eigenvalue weighted by Crippen LogP contribution is -2.27. The third-order valence-corrected chi connectivity index (χ3v) is 3.66. The van der Waals surface area contributed by atoms with Gasteiger partial charge in [0, 0.05) is 6.42 Å². The molecule has 0 spiro atoms. The largest absolute Gasteiger partial charge is 0.488 e. The van der Waals surface area contributed by atoms with Crippen molar-refractivity contribution in [2.45, 2.75) is 58.5 Å². The fourth-order valence-electron chi connectivity index (χ4n) is 2.59. The summed E-state index contributed by atoms with van der Waals surface area (Å²) in [6.07, 6.45) is 5.13. The second-order valence-corrected chi connectivity index (χ2v) is 6.30. The van der Waals surface area contributed by atoms with E-state index in [9.17, 15) is 4.79 Å². The van der Waals surface area contributed by atoms with Crippen LogP contribution in [0.15, 0.2) is 24.3 Å². The molecule has 0 saturated heterocycles. The summed E-state index contributed by atoms with van der Waals surface area (Å²) in [6, 6.07) is 7.35. The Morgan fingerprint density at radius 1 is 1.15 bits per heavy atom. The number of rotatable bonds is 5. The summed E-state index contributed by atoms with van der Waals surface area (Å²) < 4.78 is 11.3. The lowest BCUT2D eigenvalue weighted by Gasteiger charge is -2.25. The number of hydrogen-bond acceptors (Lipinski definition) is 3. The van der Waals surface area contributed by atoms with Crippen LogP contribution in [0.4, 0.5) is 0 Å². The van der Waals surface area contributed by atoms with E-state index in [2.05, 4.69) is 6.92 Å². The normalized spacial score (nSPS) is 17.2. The van der Waals surface area contributed by atoms with Crippen LogP contribution in [0.25, 0.3) is 0 Å². The number of carbonyl (C=O) groups is 1. The van der Waals surface area contributed by atoms with Crippen molar-refractivity contribution < 1.29 is 14.3 Å². The molecule has 0 atom stereocenters. The molecule has 2 rings (SSSR count). The molecule has 3 heteroatoms. The van der Waals surface area contributed by atoms with E-state index in [-0.39, 0.29) is 11.6 Å². The van der Waals surface area contributed by atoms with Gasteiger partial charge in [-0.05, 0) is 62.8 Å². The van der Waals surface area contributed by atoms with Gasteiger partial charge in [-0.2, -0.15) is 0 Å². The summed E-state index contributed by atoms with van der Waals surface area (Å²) >= 11 is 0. The van der Waals surface area contributed by atoms with Crippen molar-refractivity contribution in [3.8, 4) is 11.5 Å². The quantitative estimate of drug-likeness (QED) is 0.592. The highest BCUT2D eigenvalue weighted by atomic mass is 16.5. The van der Waals surface area contributed by atoms with Gasteiger partial charge in [0.05, 0.1) is 0 Å². The molecular weight excluding hydrogens is 252 g/mol. The van der Waals surface area contributed by atoms with Gasteiger partial charge in [0.2, 0.25) is 0 Å². The molecule has 20 heavy (non-hydrogen) atoms. The summed E-state index contributed by atoms with van der Waals surface area (Å²) in [5, 5.41) is 0. The summed E-state index contributed by atoms with van der Waals surface area (Å²) in [5.41, 5.74) is -0.0319. The Kier molecular flexibility index (Phi) is 4.69. The van der Waals surface area contributed by atoms with E-state index in [1.54, 1.807) is 12.1 Å². The van der Waals surface area contributed by atoms with Gasteiger partial charge in [-0.3, -0.25) is 4.79 Å². The Hall–Kier alpha value is -1.51. The van der Waals surface area contributed by atoms with Crippen LogP contribution in [0.2, 0.25) is 0 Å². The summed E-state index contributed by atoms with van der Waals surface area (Å²) in [4.78, 5) is 11.6. The highest BCUT2D eigenvalue weighted by molar-refractivity contribution is 5.72. The summed E-state index contributed by atoms with van der Waals surface area (Å²) in [6.45, 7) is 6.16. The van der Waals surface area contributed by atoms with Crippen LogP contribution in [0.5, 0.6) is 11.5 Å². The highest BCUT2D eigenvalue weighted by Crippen LogP contribution is 2.34. The zero-order valence-corrected chi connectivity index (χ0v) is 12.6. The Morgan fingerprint density at radius 3 is 2.25 bits per heavy atom. The molecule has 0 amide bonds. The lowest BCUT2D eigenvalue weighted by molar-refractivity contribution is -0.135. The average Bonchev–Trinajstić information content (AvgIpc) is 2.77. The predicted octanol–water partition coefficient (Wildman–Crippen LogP) is 4.35. The number of hydrogen-bond donors (Lipinski definition) is 0. The zero-order chi connectivity index (χ0) is 14.6. The van der Waals surface area contributed by atoms with Crippen molar-refractivity contribution in [2.75, 3.05) is 0 Å². The van der Waals surface area contributed by atoms with Crippen LogP contribution in [0, 0.1) is 5.92 Å². The SMILES string of the molecule is CC(C)CC(=O)Oc1ccc(OC2(C)CCCC2)cc1. The molecule has 1 aromatic carbocycles. The van der Waals surface area contributed by atoms with Crippen LogP contribution in [0.3, 0.4) is 0 Å². The number of ether oxygens (including phenoxy) is 2. The van der Waals surface area contributed by atoms with E-state index in [0.29, 0.717) is 18.1 Å². The average molecular weight is 276 g/mol. The first kappa shape index (κ1) is 14.9. The summed E-state index contributed by atoms with van der Waals surface area (Å²) in [5.74, 6) is 1.56. The molecule has 0 aliphatic heterocycles. The third-order valence-electron chi connectivity index (χ3n) is 3.66. The maximum absolute atomic E-state index is 11.6. The monoisotopic (exact) mass is 276 g/mol. The standard InChI is InChI=1S/C17H24O3/c1-13(2)12-16(18)19-14-6-8-15(9-7-14)20-17(3)10-4-5-11-17/h6-9,13H,4-5,10-12H2,1-3H3. The van der Waals surface area contributed by atoms with Gasteiger partial charge < -0.3 is 9.47 Å². The molecule has 0 unspecified atom stereocenters. The molecule has 0 radical (unpaired) electrons. The van der Waals surface area contributed by atoms with Gasteiger partial charge in [0.15, 0.2) is 0 Å².